The Morgan fingerprint density at radius 3 is 2.83 bits per heavy atom. The van der Waals surface area contributed by atoms with Crippen molar-refractivity contribution in [1.29, 1.82) is 0 Å². The molecule has 0 aliphatic heterocycles. The number of aromatic nitrogens is 3. The molecular weight excluding hydrogens is 269 g/mol. The monoisotopic (exact) mass is 276 g/mol. The quantitative estimate of drug-likeness (QED) is 0.897. The Hall–Kier alpha value is -1.90. The van der Waals surface area contributed by atoms with E-state index in [1.165, 1.54) is 0 Å². The summed E-state index contributed by atoms with van der Waals surface area (Å²) in [6, 6.07) is 0.789. The molecule has 0 aliphatic rings. The van der Waals surface area contributed by atoms with Crippen LogP contribution in [0.25, 0.3) is 0 Å². The van der Waals surface area contributed by atoms with Crippen LogP contribution in [-0.2, 0) is 12.7 Å². The zero-order chi connectivity index (χ0) is 13.2. The number of hydrogen-bond donors (Lipinski definition) is 2. The largest absolute Gasteiger partial charge is 0.433 e. The molecule has 0 aromatic carbocycles. The highest BCUT2D eigenvalue weighted by Gasteiger charge is 2.32. The van der Waals surface area contributed by atoms with Crippen molar-refractivity contribution in [2.75, 3.05) is 5.32 Å². The minimum atomic E-state index is -4.50. The van der Waals surface area contributed by atoms with Gasteiger partial charge in [0, 0.05) is 17.3 Å². The summed E-state index contributed by atoms with van der Waals surface area (Å²) < 4.78 is 37.1. The van der Waals surface area contributed by atoms with Crippen LogP contribution in [0.4, 0.5) is 19.1 Å². The Morgan fingerprint density at radius 1 is 1.44 bits per heavy atom. The molecule has 18 heavy (non-hydrogen) atoms. The molecule has 2 rings (SSSR count). The SMILES string of the molecule is O=c1[nH]c(CNc2nccc(C(F)(F)F)n2)cs1. The van der Waals surface area contributed by atoms with E-state index in [1.54, 1.807) is 5.38 Å². The first-order chi connectivity index (χ1) is 8.45. The van der Waals surface area contributed by atoms with E-state index in [-0.39, 0.29) is 17.4 Å². The summed E-state index contributed by atoms with van der Waals surface area (Å²) in [6.45, 7) is 0.153. The van der Waals surface area contributed by atoms with Crippen LogP contribution >= 0.6 is 11.3 Å². The molecule has 0 spiro atoms. The Morgan fingerprint density at radius 2 is 2.22 bits per heavy atom. The van der Waals surface area contributed by atoms with E-state index < -0.39 is 11.9 Å². The van der Waals surface area contributed by atoms with E-state index in [2.05, 4.69) is 20.3 Å². The average molecular weight is 276 g/mol. The Kier molecular flexibility index (Phi) is 3.32. The van der Waals surface area contributed by atoms with Crippen molar-refractivity contribution in [3.8, 4) is 0 Å². The van der Waals surface area contributed by atoms with Gasteiger partial charge in [0.1, 0.15) is 5.69 Å². The van der Waals surface area contributed by atoms with Gasteiger partial charge in [0.25, 0.3) is 0 Å². The summed E-state index contributed by atoms with van der Waals surface area (Å²) in [7, 11) is 0. The van der Waals surface area contributed by atoms with Crippen LogP contribution in [0.15, 0.2) is 22.4 Å². The number of H-pyrrole nitrogens is 1. The highest BCUT2D eigenvalue weighted by atomic mass is 32.1. The summed E-state index contributed by atoms with van der Waals surface area (Å²) in [6.07, 6.45) is -3.48. The predicted octanol–water partition coefficient (Wildman–Crippen LogP) is 1.86. The van der Waals surface area contributed by atoms with Gasteiger partial charge >= 0.3 is 11.0 Å². The number of aromatic amines is 1. The van der Waals surface area contributed by atoms with E-state index in [4.69, 9.17) is 0 Å². The first-order valence-electron chi connectivity index (χ1n) is 4.76. The molecule has 0 radical (unpaired) electrons. The molecule has 0 aliphatic carbocycles. The van der Waals surface area contributed by atoms with Gasteiger partial charge in [0.05, 0.1) is 6.54 Å². The lowest BCUT2D eigenvalue weighted by molar-refractivity contribution is -0.141. The van der Waals surface area contributed by atoms with Crippen molar-refractivity contribution in [1.82, 2.24) is 15.0 Å². The number of nitrogens with one attached hydrogen (secondary N) is 2. The van der Waals surface area contributed by atoms with E-state index in [0.717, 1.165) is 23.6 Å². The second kappa shape index (κ2) is 4.77. The summed E-state index contributed by atoms with van der Waals surface area (Å²) in [5.74, 6) is -0.142. The molecule has 0 saturated carbocycles. The highest BCUT2D eigenvalue weighted by Crippen LogP contribution is 2.27. The number of anilines is 1. The first-order valence-corrected chi connectivity index (χ1v) is 5.64. The van der Waals surface area contributed by atoms with Gasteiger partial charge in [-0.15, -0.1) is 0 Å². The average Bonchev–Trinajstić information content (AvgIpc) is 2.72. The molecule has 2 aromatic heterocycles. The molecule has 0 atom stereocenters. The summed E-state index contributed by atoms with van der Waals surface area (Å²) in [5.41, 5.74) is -0.454. The van der Waals surface area contributed by atoms with Crippen molar-refractivity contribution in [2.45, 2.75) is 12.7 Å². The lowest BCUT2D eigenvalue weighted by atomic mass is 10.4. The van der Waals surface area contributed by atoms with E-state index in [0.29, 0.717) is 5.69 Å². The Bertz CT molecular complexity index is 592. The van der Waals surface area contributed by atoms with Crippen LogP contribution in [0.1, 0.15) is 11.4 Å². The molecule has 0 fully saturated rings. The number of nitrogens with zero attached hydrogens (tertiary/aromatic N) is 2. The van der Waals surface area contributed by atoms with Crippen molar-refractivity contribution in [3.63, 3.8) is 0 Å². The molecule has 0 saturated heterocycles. The third-order valence-corrected chi connectivity index (χ3v) is 2.67. The van der Waals surface area contributed by atoms with Gasteiger partial charge in [-0.3, -0.25) is 4.79 Å². The smallest absolute Gasteiger partial charge is 0.349 e. The van der Waals surface area contributed by atoms with Gasteiger partial charge in [0.2, 0.25) is 5.95 Å². The van der Waals surface area contributed by atoms with Gasteiger partial charge in [-0.1, -0.05) is 11.3 Å². The number of hydrogen-bond acceptors (Lipinski definition) is 5. The van der Waals surface area contributed by atoms with E-state index >= 15 is 0 Å². The first kappa shape index (κ1) is 12.6. The zero-order valence-corrected chi connectivity index (χ0v) is 9.60. The number of alkyl halides is 3. The summed E-state index contributed by atoms with van der Waals surface area (Å²) in [5, 5.41) is 4.17. The van der Waals surface area contributed by atoms with Gasteiger partial charge in [0.15, 0.2) is 0 Å². The second-order valence-corrected chi connectivity index (χ2v) is 4.13. The minimum absolute atomic E-state index is 0.142. The highest BCUT2D eigenvalue weighted by molar-refractivity contribution is 7.07. The maximum absolute atomic E-state index is 12.4. The molecule has 0 bridgehead atoms. The molecule has 0 amide bonds. The standard InChI is InChI=1S/C9H7F3N4OS/c10-9(11,12)6-1-2-13-7(16-6)14-3-5-4-18-8(17)15-5/h1-2,4H,3H2,(H,15,17)(H,13,14,16). The zero-order valence-electron chi connectivity index (χ0n) is 8.78. The van der Waals surface area contributed by atoms with Gasteiger partial charge in [-0.2, -0.15) is 13.2 Å². The fourth-order valence-electron chi connectivity index (χ4n) is 1.18. The maximum Gasteiger partial charge on any atom is 0.433 e. The third kappa shape index (κ3) is 3.06. The molecule has 2 heterocycles. The molecule has 96 valence electrons. The number of halogens is 3. The van der Waals surface area contributed by atoms with Gasteiger partial charge in [-0.25, -0.2) is 9.97 Å². The van der Waals surface area contributed by atoms with Crippen molar-refractivity contribution in [3.05, 3.63) is 38.7 Å². The number of thiazole rings is 1. The topological polar surface area (TPSA) is 70.7 Å². The maximum atomic E-state index is 12.4. The Labute approximate surface area is 103 Å². The normalized spacial score (nSPS) is 11.5. The fourth-order valence-corrected chi connectivity index (χ4v) is 1.76. The fraction of sp³-hybridized carbons (Fsp3) is 0.222. The van der Waals surface area contributed by atoms with Crippen LogP contribution in [-0.4, -0.2) is 15.0 Å². The lowest BCUT2D eigenvalue weighted by Crippen LogP contribution is -2.11. The van der Waals surface area contributed by atoms with Crippen LogP contribution in [0.2, 0.25) is 0 Å². The van der Waals surface area contributed by atoms with Crippen molar-refractivity contribution >= 4 is 17.3 Å². The summed E-state index contributed by atoms with van der Waals surface area (Å²) >= 11 is 0.975. The molecule has 9 heteroatoms. The third-order valence-electron chi connectivity index (χ3n) is 1.95. The van der Waals surface area contributed by atoms with Crippen LogP contribution in [0.5, 0.6) is 0 Å². The lowest BCUT2D eigenvalue weighted by Gasteiger charge is -2.07. The molecule has 0 unspecified atom stereocenters. The van der Waals surface area contributed by atoms with Crippen LogP contribution in [0, 0.1) is 0 Å². The van der Waals surface area contributed by atoms with Gasteiger partial charge in [-0.05, 0) is 6.07 Å². The minimum Gasteiger partial charge on any atom is -0.349 e. The van der Waals surface area contributed by atoms with Crippen LogP contribution in [0.3, 0.4) is 0 Å². The van der Waals surface area contributed by atoms with Gasteiger partial charge < -0.3 is 10.3 Å². The van der Waals surface area contributed by atoms with E-state index in [1.807, 2.05) is 0 Å². The van der Waals surface area contributed by atoms with Crippen molar-refractivity contribution < 1.29 is 13.2 Å². The summed E-state index contributed by atoms with van der Waals surface area (Å²) in [4.78, 5) is 20.1. The van der Waals surface area contributed by atoms with E-state index in [9.17, 15) is 18.0 Å². The molecule has 2 aromatic rings. The molecule has 5 nitrogen and oxygen atoms in total. The number of rotatable bonds is 3. The van der Waals surface area contributed by atoms with Crippen molar-refractivity contribution in [2.24, 2.45) is 0 Å². The predicted molar refractivity (Wildman–Crippen MR) is 59.3 cm³/mol. The molecule has 2 N–H and O–H groups in total. The van der Waals surface area contributed by atoms with Crippen LogP contribution < -0.4 is 10.2 Å². The molecular formula is C9H7F3N4OS. The second-order valence-electron chi connectivity index (χ2n) is 3.29. The Balaban J connectivity index is 2.08.